The van der Waals surface area contributed by atoms with Gasteiger partial charge in [-0.05, 0) is 66.6 Å². The van der Waals surface area contributed by atoms with Crippen LogP contribution in [-0.2, 0) is 4.79 Å². The van der Waals surface area contributed by atoms with Gasteiger partial charge in [0.1, 0.15) is 0 Å². The molecule has 0 saturated heterocycles. The van der Waals surface area contributed by atoms with Crippen LogP contribution in [0.2, 0.25) is 0 Å². The average Bonchev–Trinajstić information content (AvgIpc) is 2.27. The Hall–Kier alpha value is -1.09. The molecular formula is C16H29NO2. The number of carbonyl (C=O) groups is 1. The zero-order chi connectivity index (χ0) is 14.7. The standard InChI is InChI=1S/C16H29NO2/c1-14(10-6-12-16(18)19)8-5-9-15(2)11-7-13-17(3)4/h9-10H,5-8,11-13H2,1-4H3,(H,18,19)/b14-10+,15-9+. The molecule has 0 aromatic carbocycles. The predicted molar refractivity (Wildman–Crippen MR) is 81.4 cm³/mol. The maximum atomic E-state index is 10.4. The van der Waals surface area contributed by atoms with Gasteiger partial charge in [-0.1, -0.05) is 23.3 Å². The smallest absolute Gasteiger partial charge is 0.303 e. The van der Waals surface area contributed by atoms with Crippen molar-refractivity contribution in [3.05, 3.63) is 23.3 Å². The SMILES string of the molecule is C/C(=C\CCC(=O)O)CC/C=C(\C)CCCN(C)C. The van der Waals surface area contributed by atoms with Gasteiger partial charge in [0.2, 0.25) is 0 Å². The summed E-state index contributed by atoms with van der Waals surface area (Å²) in [5.74, 6) is -0.722. The Morgan fingerprint density at radius 2 is 1.53 bits per heavy atom. The number of allylic oxidation sites excluding steroid dienone is 4. The van der Waals surface area contributed by atoms with Crippen molar-refractivity contribution in [2.45, 2.75) is 52.4 Å². The van der Waals surface area contributed by atoms with E-state index in [0.29, 0.717) is 6.42 Å². The fourth-order valence-corrected chi connectivity index (χ4v) is 1.87. The Morgan fingerprint density at radius 1 is 1.00 bits per heavy atom. The molecule has 0 heterocycles. The number of nitrogens with zero attached hydrogens (tertiary/aromatic N) is 1. The zero-order valence-electron chi connectivity index (χ0n) is 12.9. The number of carboxylic acids is 1. The van der Waals surface area contributed by atoms with E-state index in [9.17, 15) is 4.79 Å². The molecule has 0 aliphatic heterocycles. The lowest BCUT2D eigenvalue weighted by molar-refractivity contribution is -0.136. The normalized spacial score (nSPS) is 13.1. The van der Waals surface area contributed by atoms with Crippen molar-refractivity contribution < 1.29 is 9.90 Å². The van der Waals surface area contributed by atoms with Crippen molar-refractivity contribution in [3.63, 3.8) is 0 Å². The summed E-state index contributed by atoms with van der Waals surface area (Å²) in [5.41, 5.74) is 2.75. The second-order valence-corrected chi connectivity index (χ2v) is 5.48. The third-order valence-corrected chi connectivity index (χ3v) is 3.06. The molecule has 0 aromatic rings. The van der Waals surface area contributed by atoms with Crippen molar-refractivity contribution in [1.29, 1.82) is 0 Å². The molecule has 3 heteroatoms. The number of hydrogen-bond acceptors (Lipinski definition) is 2. The van der Waals surface area contributed by atoms with Gasteiger partial charge in [-0.2, -0.15) is 0 Å². The quantitative estimate of drug-likeness (QED) is 0.611. The summed E-state index contributed by atoms with van der Waals surface area (Å²) in [6.07, 6.45) is 9.70. The Balaban J connectivity index is 3.77. The lowest BCUT2D eigenvalue weighted by atomic mass is 10.1. The number of carboxylic acid groups (broad SMARTS) is 1. The molecule has 0 bridgehead atoms. The first kappa shape index (κ1) is 17.9. The van der Waals surface area contributed by atoms with Gasteiger partial charge in [0.05, 0.1) is 0 Å². The van der Waals surface area contributed by atoms with E-state index in [4.69, 9.17) is 5.11 Å². The second kappa shape index (κ2) is 10.8. The zero-order valence-corrected chi connectivity index (χ0v) is 12.9. The van der Waals surface area contributed by atoms with Gasteiger partial charge in [-0.25, -0.2) is 0 Å². The van der Waals surface area contributed by atoms with Gasteiger partial charge in [0.15, 0.2) is 0 Å². The molecule has 1 N–H and O–H groups in total. The van der Waals surface area contributed by atoms with Crippen LogP contribution < -0.4 is 0 Å². The molecule has 0 aromatic heterocycles. The summed E-state index contributed by atoms with van der Waals surface area (Å²) in [6.45, 7) is 5.41. The Morgan fingerprint density at radius 3 is 2.05 bits per heavy atom. The summed E-state index contributed by atoms with van der Waals surface area (Å²) in [4.78, 5) is 12.6. The molecule has 19 heavy (non-hydrogen) atoms. The first-order chi connectivity index (χ1) is 8.91. The largest absolute Gasteiger partial charge is 0.481 e. The minimum absolute atomic E-state index is 0.233. The Kier molecular flexibility index (Phi) is 10.2. The Bertz CT molecular complexity index is 317. The first-order valence-electron chi connectivity index (χ1n) is 7.09. The molecule has 0 saturated carbocycles. The van der Waals surface area contributed by atoms with Crippen LogP contribution in [0.4, 0.5) is 0 Å². The van der Waals surface area contributed by atoms with Gasteiger partial charge in [-0.3, -0.25) is 4.79 Å². The summed E-state index contributed by atoms with van der Waals surface area (Å²) >= 11 is 0. The molecular weight excluding hydrogens is 238 g/mol. The van der Waals surface area contributed by atoms with Crippen LogP contribution in [-0.4, -0.2) is 36.6 Å². The minimum Gasteiger partial charge on any atom is -0.481 e. The highest BCUT2D eigenvalue weighted by atomic mass is 16.4. The first-order valence-corrected chi connectivity index (χ1v) is 7.09. The van der Waals surface area contributed by atoms with Crippen molar-refractivity contribution in [2.24, 2.45) is 0 Å². The average molecular weight is 267 g/mol. The maximum Gasteiger partial charge on any atom is 0.303 e. The van der Waals surface area contributed by atoms with Gasteiger partial charge in [0.25, 0.3) is 0 Å². The number of aliphatic carboxylic acids is 1. The summed E-state index contributed by atoms with van der Waals surface area (Å²) in [6, 6.07) is 0. The van der Waals surface area contributed by atoms with Crippen molar-refractivity contribution in [1.82, 2.24) is 4.90 Å². The van der Waals surface area contributed by atoms with Gasteiger partial charge in [0, 0.05) is 6.42 Å². The van der Waals surface area contributed by atoms with E-state index >= 15 is 0 Å². The molecule has 0 amide bonds. The van der Waals surface area contributed by atoms with E-state index in [0.717, 1.165) is 19.4 Å². The lowest BCUT2D eigenvalue weighted by Gasteiger charge is -2.09. The van der Waals surface area contributed by atoms with Crippen LogP contribution in [0.1, 0.15) is 52.4 Å². The van der Waals surface area contributed by atoms with Gasteiger partial charge in [-0.15, -0.1) is 0 Å². The van der Waals surface area contributed by atoms with E-state index in [1.807, 2.05) is 6.08 Å². The molecule has 0 aliphatic rings. The van der Waals surface area contributed by atoms with Crippen molar-refractivity contribution >= 4 is 5.97 Å². The Labute approximate surface area is 118 Å². The number of rotatable bonds is 10. The lowest BCUT2D eigenvalue weighted by Crippen LogP contribution is -2.12. The molecule has 0 spiro atoms. The van der Waals surface area contributed by atoms with Gasteiger partial charge < -0.3 is 10.0 Å². The van der Waals surface area contributed by atoms with Crippen LogP contribution in [0.5, 0.6) is 0 Å². The monoisotopic (exact) mass is 267 g/mol. The molecule has 0 aliphatic carbocycles. The van der Waals surface area contributed by atoms with Crippen LogP contribution in [0.25, 0.3) is 0 Å². The highest BCUT2D eigenvalue weighted by molar-refractivity contribution is 5.66. The fraction of sp³-hybridized carbons (Fsp3) is 0.688. The molecule has 3 nitrogen and oxygen atoms in total. The third-order valence-electron chi connectivity index (χ3n) is 3.06. The molecule has 0 fully saturated rings. The van der Waals surface area contributed by atoms with Crippen LogP contribution >= 0.6 is 0 Å². The highest BCUT2D eigenvalue weighted by Crippen LogP contribution is 2.11. The van der Waals surface area contributed by atoms with E-state index in [1.54, 1.807) is 0 Å². The summed E-state index contributed by atoms with van der Waals surface area (Å²) in [7, 11) is 4.20. The van der Waals surface area contributed by atoms with E-state index in [-0.39, 0.29) is 6.42 Å². The van der Waals surface area contributed by atoms with Crippen LogP contribution in [0.3, 0.4) is 0 Å². The topological polar surface area (TPSA) is 40.5 Å². The van der Waals surface area contributed by atoms with E-state index in [1.165, 1.54) is 24.0 Å². The predicted octanol–water partition coefficient (Wildman–Crippen LogP) is 3.87. The fourth-order valence-electron chi connectivity index (χ4n) is 1.87. The molecule has 0 unspecified atom stereocenters. The summed E-state index contributed by atoms with van der Waals surface area (Å²) in [5, 5.41) is 8.55. The van der Waals surface area contributed by atoms with Crippen molar-refractivity contribution in [3.8, 4) is 0 Å². The van der Waals surface area contributed by atoms with E-state index < -0.39 is 5.97 Å². The van der Waals surface area contributed by atoms with Crippen molar-refractivity contribution in [2.75, 3.05) is 20.6 Å². The maximum absolute atomic E-state index is 10.4. The van der Waals surface area contributed by atoms with E-state index in [2.05, 4.69) is 38.9 Å². The number of hydrogen-bond donors (Lipinski definition) is 1. The van der Waals surface area contributed by atoms with Gasteiger partial charge >= 0.3 is 5.97 Å². The second-order valence-electron chi connectivity index (χ2n) is 5.48. The molecule has 0 rings (SSSR count). The third kappa shape index (κ3) is 13.1. The van der Waals surface area contributed by atoms with Crippen LogP contribution in [0.15, 0.2) is 23.3 Å². The summed E-state index contributed by atoms with van der Waals surface area (Å²) < 4.78 is 0. The highest BCUT2D eigenvalue weighted by Gasteiger charge is 1.96. The minimum atomic E-state index is -0.722. The van der Waals surface area contributed by atoms with Crippen LogP contribution in [0, 0.1) is 0 Å². The molecule has 0 radical (unpaired) electrons. The molecule has 110 valence electrons. The molecule has 0 atom stereocenters.